The van der Waals surface area contributed by atoms with Crippen molar-refractivity contribution in [1.82, 2.24) is 10.3 Å². The number of carbonyl (C=O) groups excluding carboxylic acids is 1. The van der Waals surface area contributed by atoms with E-state index in [0.29, 0.717) is 6.54 Å². The fraction of sp³-hybridized carbons (Fsp3) is 0.167. The molecule has 0 saturated heterocycles. The monoisotopic (exact) mass is 138 g/mol. The summed E-state index contributed by atoms with van der Waals surface area (Å²) in [5.74, 6) is 0. The molecule has 1 radical (unpaired) electrons. The molecule has 4 nitrogen and oxygen atoms in total. The number of aromatic amines is 1. The topological polar surface area (TPSA) is 73.0 Å². The second-order valence-electron chi connectivity index (χ2n) is 1.85. The van der Waals surface area contributed by atoms with Crippen molar-refractivity contribution in [2.75, 3.05) is 0 Å². The maximum absolute atomic E-state index is 10.1. The number of nitrogens with two attached hydrogens (primary N) is 1. The smallest absolute Gasteiger partial charge is 0.334 e. The minimum absolute atomic E-state index is 0.336. The predicted molar refractivity (Wildman–Crippen MR) is 36.2 cm³/mol. The summed E-state index contributed by atoms with van der Waals surface area (Å²) in [6, 6.07) is 3.05. The SMILES string of the molecule is NC(=O)[N]Cc1ccc[nH]1. The van der Waals surface area contributed by atoms with Gasteiger partial charge in [-0.3, -0.25) is 0 Å². The van der Waals surface area contributed by atoms with Gasteiger partial charge in [-0.15, -0.1) is 0 Å². The number of primary amides is 1. The molecule has 3 N–H and O–H groups in total. The largest absolute Gasteiger partial charge is 0.363 e. The second-order valence-corrected chi connectivity index (χ2v) is 1.85. The Morgan fingerprint density at radius 3 is 3.10 bits per heavy atom. The summed E-state index contributed by atoms with van der Waals surface area (Å²) in [4.78, 5) is 13.0. The summed E-state index contributed by atoms with van der Waals surface area (Å²) >= 11 is 0. The molecule has 0 bridgehead atoms. The normalized spacial score (nSPS) is 9.20. The Hall–Kier alpha value is -1.45. The maximum atomic E-state index is 10.1. The lowest BCUT2D eigenvalue weighted by Crippen LogP contribution is -2.21. The van der Waals surface area contributed by atoms with Crippen LogP contribution in [-0.4, -0.2) is 11.0 Å². The average Bonchev–Trinajstić information content (AvgIpc) is 2.34. The van der Waals surface area contributed by atoms with Crippen molar-refractivity contribution in [3.63, 3.8) is 0 Å². The number of urea groups is 1. The van der Waals surface area contributed by atoms with Gasteiger partial charge in [0.15, 0.2) is 0 Å². The summed E-state index contributed by atoms with van der Waals surface area (Å²) in [5.41, 5.74) is 5.68. The number of nitrogens with zero attached hydrogens (tertiary/aromatic N) is 1. The molecule has 4 heteroatoms. The van der Waals surface area contributed by atoms with Crippen LogP contribution in [0.3, 0.4) is 0 Å². The molecule has 2 amide bonds. The number of aromatic nitrogens is 1. The first kappa shape index (κ1) is 6.67. The van der Waals surface area contributed by atoms with Crippen LogP contribution in [-0.2, 0) is 6.54 Å². The minimum Gasteiger partial charge on any atom is -0.363 e. The van der Waals surface area contributed by atoms with Crippen LogP contribution < -0.4 is 11.1 Å². The Morgan fingerprint density at radius 1 is 1.80 bits per heavy atom. The summed E-state index contributed by atoms with van der Waals surface area (Å²) in [6.07, 6.45) is 1.77. The molecule has 1 aromatic rings. The molecular weight excluding hydrogens is 130 g/mol. The van der Waals surface area contributed by atoms with E-state index in [2.05, 4.69) is 10.3 Å². The van der Waals surface area contributed by atoms with Gasteiger partial charge in [-0.1, -0.05) is 0 Å². The molecule has 0 unspecified atom stereocenters. The van der Waals surface area contributed by atoms with E-state index >= 15 is 0 Å². The van der Waals surface area contributed by atoms with Gasteiger partial charge in [0.1, 0.15) is 0 Å². The highest BCUT2D eigenvalue weighted by atomic mass is 16.2. The zero-order valence-corrected chi connectivity index (χ0v) is 5.37. The van der Waals surface area contributed by atoms with Gasteiger partial charge in [0.25, 0.3) is 0 Å². The molecule has 0 aliphatic rings. The van der Waals surface area contributed by atoms with Crippen molar-refractivity contribution in [1.29, 1.82) is 0 Å². The predicted octanol–water partition coefficient (Wildman–Crippen LogP) is 0.198. The highest BCUT2D eigenvalue weighted by Gasteiger charge is 1.95. The van der Waals surface area contributed by atoms with Crippen LogP contribution in [0.25, 0.3) is 0 Å². The van der Waals surface area contributed by atoms with Crippen molar-refractivity contribution < 1.29 is 4.79 Å². The van der Waals surface area contributed by atoms with E-state index in [4.69, 9.17) is 5.73 Å². The fourth-order valence-corrected chi connectivity index (χ4v) is 0.629. The van der Waals surface area contributed by atoms with Crippen LogP contribution in [0.1, 0.15) is 5.69 Å². The number of rotatable bonds is 2. The van der Waals surface area contributed by atoms with Gasteiger partial charge in [-0.05, 0) is 12.1 Å². The quantitative estimate of drug-likeness (QED) is 0.601. The third-order valence-electron chi connectivity index (χ3n) is 1.07. The molecule has 1 rings (SSSR count). The first-order valence-electron chi connectivity index (χ1n) is 2.88. The van der Waals surface area contributed by atoms with E-state index < -0.39 is 6.03 Å². The summed E-state index contributed by atoms with van der Waals surface area (Å²) in [5, 5.41) is 3.47. The van der Waals surface area contributed by atoms with Crippen LogP contribution >= 0.6 is 0 Å². The van der Waals surface area contributed by atoms with Gasteiger partial charge in [0.2, 0.25) is 0 Å². The van der Waals surface area contributed by atoms with E-state index in [-0.39, 0.29) is 0 Å². The van der Waals surface area contributed by atoms with Crippen LogP contribution in [0.5, 0.6) is 0 Å². The van der Waals surface area contributed by atoms with Crippen LogP contribution in [0.4, 0.5) is 4.79 Å². The Labute approximate surface area is 58.4 Å². The van der Waals surface area contributed by atoms with E-state index in [0.717, 1.165) is 5.69 Å². The molecule has 0 spiro atoms. The molecule has 0 fully saturated rings. The number of H-pyrrole nitrogens is 1. The first-order valence-corrected chi connectivity index (χ1v) is 2.88. The molecule has 0 aliphatic heterocycles. The van der Waals surface area contributed by atoms with E-state index in [9.17, 15) is 4.79 Å². The number of hydrogen-bond acceptors (Lipinski definition) is 1. The van der Waals surface area contributed by atoms with Crippen molar-refractivity contribution >= 4 is 6.03 Å². The lowest BCUT2D eigenvalue weighted by Gasteiger charge is -1.92. The Bertz CT molecular complexity index is 205. The molecule has 1 heterocycles. The molecule has 0 atom stereocenters. The van der Waals surface area contributed by atoms with Crippen molar-refractivity contribution in [3.05, 3.63) is 24.0 Å². The maximum Gasteiger partial charge on any atom is 0.334 e. The molecule has 0 aromatic carbocycles. The highest BCUT2D eigenvalue weighted by Crippen LogP contribution is 1.92. The van der Waals surface area contributed by atoms with Gasteiger partial charge in [0.05, 0.1) is 6.54 Å². The third kappa shape index (κ3) is 1.81. The summed E-state index contributed by atoms with van der Waals surface area (Å²) in [7, 11) is 0. The van der Waals surface area contributed by atoms with Gasteiger partial charge in [-0.2, -0.15) is 0 Å². The van der Waals surface area contributed by atoms with Gasteiger partial charge in [-0.25, -0.2) is 10.1 Å². The lowest BCUT2D eigenvalue weighted by atomic mass is 10.4. The number of carbonyl (C=O) groups is 1. The molecule has 0 aliphatic carbocycles. The van der Waals surface area contributed by atoms with Gasteiger partial charge >= 0.3 is 6.03 Å². The minimum atomic E-state index is -0.630. The van der Waals surface area contributed by atoms with Crippen LogP contribution in [0.2, 0.25) is 0 Å². The summed E-state index contributed by atoms with van der Waals surface area (Å²) in [6.45, 7) is 0.336. The molecular formula is C6H8N3O. The number of nitrogens with one attached hydrogen (secondary N) is 1. The van der Waals surface area contributed by atoms with Gasteiger partial charge in [0, 0.05) is 11.9 Å². The first-order chi connectivity index (χ1) is 4.79. The zero-order chi connectivity index (χ0) is 7.40. The third-order valence-corrected chi connectivity index (χ3v) is 1.07. The number of amides is 2. The Kier molecular flexibility index (Phi) is 1.94. The van der Waals surface area contributed by atoms with Crippen molar-refractivity contribution in [3.8, 4) is 0 Å². The van der Waals surface area contributed by atoms with Crippen molar-refractivity contribution in [2.24, 2.45) is 5.73 Å². The molecule has 10 heavy (non-hydrogen) atoms. The molecule has 0 saturated carbocycles. The lowest BCUT2D eigenvalue weighted by molar-refractivity contribution is 0.247. The standard InChI is InChI=1S/C6H8N3O/c7-6(10)9-4-5-2-1-3-8-5/h1-3,8H,4H2,(H2,7,10). The van der Waals surface area contributed by atoms with Gasteiger partial charge < -0.3 is 10.7 Å². The summed E-state index contributed by atoms with van der Waals surface area (Å²) < 4.78 is 0. The second kappa shape index (κ2) is 2.91. The van der Waals surface area contributed by atoms with E-state index in [1.165, 1.54) is 0 Å². The van der Waals surface area contributed by atoms with Crippen LogP contribution in [0, 0.1) is 0 Å². The van der Waals surface area contributed by atoms with E-state index in [1.807, 2.05) is 12.1 Å². The van der Waals surface area contributed by atoms with Crippen molar-refractivity contribution in [2.45, 2.75) is 6.54 Å². The Balaban J connectivity index is 2.35. The average molecular weight is 138 g/mol. The molecule has 53 valence electrons. The van der Waals surface area contributed by atoms with Crippen LogP contribution in [0.15, 0.2) is 18.3 Å². The fourth-order valence-electron chi connectivity index (χ4n) is 0.629. The molecule has 1 aromatic heterocycles. The zero-order valence-electron chi connectivity index (χ0n) is 5.37. The number of hydrogen-bond donors (Lipinski definition) is 2. The van der Waals surface area contributed by atoms with E-state index in [1.54, 1.807) is 6.20 Å². The Morgan fingerprint density at radius 2 is 2.60 bits per heavy atom. The highest BCUT2D eigenvalue weighted by molar-refractivity contribution is 5.71.